The second-order valence-electron chi connectivity index (χ2n) is 4.72. The number of nitrogens with zero attached hydrogens (tertiary/aromatic N) is 1. The van der Waals surface area contributed by atoms with Crippen LogP contribution < -0.4 is 5.32 Å². The largest absolute Gasteiger partial charge is 0.465 e. The topological polar surface area (TPSA) is 60.5 Å². The monoisotopic (exact) mass is 264 g/mol. The van der Waals surface area contributed by atoms with E-state index in [4.69, 9.17) is 4.74 Å². The van der Waals surface area contributed by atoms with Crippen LogP contribution in [-0.2, 0) is 16.0 Å². The number of rotatable bonds is 5. The van der Waals surface area contributed by atoms with E-state index in [-0.39, 0.29) is 5.97 Å². The fourth-order valence-electron chi connectivity index (χ4n) is 2.12. The number of pyridine rings is 1. The number of esters is 1. The van der Waals surface area contributed by atoms with E-state index in [1.54, 1.807) is 12.3 Å². The van der Waals surface area contributed by atoms with Gasteiger partial charge in [-0.05, 0) is 37.4 Å². The molecule has 0 amide bonds. The summed E-state index contributed by atoms with van der Waals surface area (Å²) in [5.41, 5.74) is 1.41. The Labute approximate surface area is 113 Å². The third kappa shape index (κ3) is 4.29. The normalized spacial score (nSPS) is 16.3. The van der Waals surface area contributed by atoms with E-state index in [1.807, 2.05) is 6.07 Å². The first-order valence-electron chi connectivity index (χ1n) is 6.61. The van der Waals surface area contributed by atoms with Crippen LogP contribution in [0.25, 0.3) is 0 Å². The van der Waals surface area contributed by atoms with E-state index in [0.717, 1.165) is 44.8 Å². The molecule has 0 aliphatic carbocycles. The van der Waals surface area contributed by atoms with E-state index in [1.165, 1.54) is 7.11 Å². The predicted octanol–water partition coefficient (Wildman–Crippen LogP) is 1.38. The Morgan fingerprint density at radius 3 is 2.89 bits per heavy atom. The molecule has 2 rings (SSSR count). The summed E-state index contributed by atoms with van der Waals surface area (Å²) >= 11 is 0. The molecule has 5 nitrogen and oxygen atoms in total. The summed E-state index contributed by atoms with van der Waals surface area (Å²) in [6.07, 6.45) is 3.81. The molecule has 5 heteroatoms. The quantitative estimate of drug-likeness (QED) is 0.814. The van der Waals surface area contributed by atoms with Crippen LogP contribution in [0.3, 0.4) is 0 Å². The molecule has 1 N–H and O–H groups in total. The van der Waals surface area contributed by atoms with Gasteiger partial charge in [-0.15, -0.1) is 0 Å². The van der Waals surface area contributed by atoms with Gasteiger partial charge < -0.3 is 14.8 Å². The third-order valence-electron chi connectivity index (χ3n) is 3.33. The molecule has 0 saturated carbocycles. The molecular formula is C14H20N2O3. The molecule has 0 atom stereocenters. The Kier molecular flexibility index (Phi) is 5.30. The highest BCUT2D eigenvalue weighted by molar-refractivity contribution is 5.88. The lowest BCUT2D eigenvalue weighted by atomic mass is 10.0. The van der Waals surface area contributed by atoms with Crippen molar-refractivity contribution in [1.82, 2.24) is 10.3 Å². The van der Waals surface area contributed by atoms with Crippen LogP contribution in [0, 0.1) is 5.92 Å². The molecule has 1 saturated heterocycles. The highest BCUT2D eigenvalue weighted by Gasteiger charge is 2.13. The maximum Gasteiger partial charge on any atom is 0.339 e. The molecule has 0 bridgehead atoms. The van der Waals surface area contributed by atoms with Crippen LogP contribution in [0.2, 0.25) is 0 Å². The summed E-state index contributed by atoms with van der Waals surface area (Å²) < 4.78 is 9.96. The maximum absolute atomic E-state index is 11.3. The molecule has 1 aromatic rings. The van der Waals surface area contributed by atoms with E-state index in [9.17, 15) is 4.79 Å². The predicted molar refractivity (Wildman–Crippen MR) is 70.8 cm³/mol. The average molecular weight is 264 g/mol. The second kappa shape index (κ2) is 7.21. The summed E-state index contributed by atoms with van der Waals surface area (Å²) in [5.74, 6) is 0.345. The number of ether oxygens (including phenoxy) is 2. The first-order chi connectivity index (χ1) is 9.29. The van der Waals surface area contributed by atoms with Crippen LogP contribution in [-0.4, -0.2) is 37.8 Å². The minimum absolute atomic E-state index is 0.353. The van der Waals surface area contributed by atoms with Gasteiger partial charge in [-0.2, -0.15) is 0 Å². The van der Waals surface area contributed by atoms with Crippen molar-refractivity contribution in [2.75, 3.05) is 26.9 Å². The van der Waals surface area contributed by atoms with Crippen molar-refractivity contribution >= 4 is 5.97 Å². The average Bonchev–Trinajstić information content (AvgIpc) is 2.48. The fraction of sp³-hybridized carbons (Fsp3) is 0.571. The molecule has 0 unspecified atom stereocenters. The standard InChI is InChI=1S/C14H20N2O3/c1-18-14(17)12-2-3-13(16-9-12)10-15-8-11-4-6-19-7-5-11/h2-3,9,11,15H,4-8,10H2,1H3. The molecule has 1 aliphatic heterocycles. The van der Waals surface area contributed by atoms with Gasteiger partial charge in [-0.3, -0.25) is 4.98 Å². The zero-order valence-corrected chi connectivity index (χ0v) is 11.2. The van der Waals surface area contributed by atoms with Gasteiger partial charge in [0.2, 0.25) is 0 Å². The molecular weight excluding hydrogens is 244 g/mol. The molecule has 0 aromatic carbocycles. The fourth-order valence-corrected chi connectivity index (χ4v) is 2.12. The summed E-state index contributed by atoms with van der Waals surface area (Å²) in [7, 11) is 1.37. The lowest BCUT2D eigenvalue weighted by Crippen LogP contribution is -2.27. The number of nitrogens with one attached hydrogen (secondary N) is 1. The Morgan fingerprint density at radius 2 is 2.26 bits per heavy atom. The number of carbonyl (C=O) groups excluding carboxylic acids is 1. The smallest absolute Gasteiger partial charge is 0.339 e. The molecule has 0 radical (unpaired) electrons. The van der Waals surface area contributed by atoms with Crippen molar-refractivity contribution in [3.63, 3.8) is 0 Å². The zero-order valence-electron chi connectivity index (χ0n) is 11.2. The van der Waals surface area contributed by atoms with Crippen molar-refractivity contribution in [2.24, 2.45) is 5.92 Å². The Bertz CT molecular complexity index is 400. The van der Waals surface area contributed by atoms with Crippen molar-refractivity contribution < 1.29 is 14.3 Å². The van der Waals surface area contributed by atoms with Crippen molar-refractivity contribution in [3.8, 4) is 0 Å². The Morgan fingerprint density at radius 1 is 1.47 bits per heavy atom. The molecule has 2 heterocycles. The molecule has 1 fully saturated rings. The SMILES string of the molecule is COC(=O)c1ccc(CNCC2CCOCC2)nc1. The van der Waals surface area contributed by atoms with Gasteiger partial charge in [-0.25, -0.2) is 4.79 Å². The van der Waals surface area contributed by atoms with Crippen molar-refractivity contribution in [3.05, 3.63) is 29.6 Å². The van der Waals surface area contributed by atoms with E-state index in [2.05, 4.69) is 15.0 Å². The first kappa shape index (κ1) is 14.0. The maximum atomic E-state index is 11.3. The van der Waals surface area contributed by atoms with Gasteiger partial charge in [-0.1, -0.05) is 0 Å². The highest BCUT2D eigenvalue weighted by atomic mass is 16.5. The summed E-state index contributed by atoms with van der Waals surface area (Å²) in [4.78, 5) is 15.5. The second-order valence-corrected chi connectivity index (χ2v) is 4.72. The first-order valence-corrected chi connectivity index (χ1v) is 6.61. The van der Waals surface area contributed by atoms with Crippen LogP contribution in [0.4, 0.5) is 0 Å². The lowest BCUT2D eigenvalue weighted by Gasteiger charge is -2.22. The molecule has 0 spiro atoms. The number of carbonyl (C=O) groups is 1. The molecule has 104 valence electrons. The lowest BCUT2D eigenvalue weighted by molar-refractivity contribution is 0.0600. The number of hydrogen-bond acceptors (Lipinski definition) is 5. The van der Waals surface area contributed by atoms with Crippen molar-refractivity contribution in [2.45, 2.75) is 19.4 Å². The number of methoxy groups -OCH3 is 1. The Balaban J connectivity index is 1.75. The highest BCUT2D eigenvalue weighted by Crippen LogP contribution is 2.13. The number of hydrogen-bond donors (Lipinski definition) is 1. The summed E-state index contributed by atoms with van der Waals surface area (Å²) in [6, 6.07) is 3.59. The Hall–Kier alpha value is -1.46. The van der Waals surface area contributed by atoms with Crippen LogP contribution in [0.15, 0.2) is 18.3 Å². The summed E-state index contributed by atoms with van der Waals surface area (Å²) in [5, 5.41) is 3.40. The molecule has 1 aliphatic rings. The van der Waals surface area contributed by atoms with Gasteiger partial charge in [0.05, 0.1) is 18.4 Å². The van der Waals surface area contributed by atoms with E-state index < -0.39 is 0 Å². The zero-order chi connectivity index (χ0) is 13.5. The van der Waals surface area contributed by atoms with Gasteiger partial charge in [0, 0.05) is 26.0 Å². The minimum atomic E-state index is -0.353. The minimum Gasteiger partial charge on any atom is -0.465 e. The van der Waals surface area contributed by atoms with Gasteiger partial charge in [0.1, 0.15) is 0 Å². The molecule has 19 heavy (non-hydrogen) atoms. The third-order valence-corrected chi connectivity index (χ3v) is 3.33. The van der Waals surface area contributed by atoms with Gasteiger partial charge >= 0.3 is 5.97 Å². The number of aromatic nitrogens is 1. The van der Waals surface area contributed by atoms with Crippen molar-refractivity contribution in [1.29, 1.82) is 0 Å². The van der Waals surface area contributed by atoms with Crippen LogP contribution in [0.5, 0.6) is 0 Å². The van der Waals surface area contributed by atoms with Gasteiger partial charge in [0.25, 0.3) is 0 Å². The van der Waals surface area contributed by atoms with Gasteiger partial charge in [0.15, 0.2) is 0 Å². The van der Waals surface area contributed by atoms with Crippen LogP contribution >= 0.6 is 0 Å². The van der Waals surface area contributed by atoms with E-state index >= 15 is 0 Å². The molecule has 1 aromatic heterocycles. The summed E-state index contributed by atoms with van der Waals surface area (Å²) in [6.45, 7) is 3.46. The van der Waals surface area contributed by atoms with E-state index in [0.29, 0.717) is 11.5 Å². The van der Waals surface area contributed by atoms with Crippen LogP contribution in [0.1, 0.15) is 28.9 Å².